The van der Waals surface area contributed by atoms with E-state index in [0.29, 0.717) is 12.3 Å². The highest BCUT2D eigenvalue weighted by Gasteiger charge is 2.17. The lowest BCUT2D eigenvalue weighted by atomic mass is 10.2. The maximum Gasteiger partial charge on any atom is 0.186 e. The Bertz CT molecular complexity index is 1040. The third kappa shape index (κ3) is 3.36. The number of anilines is 2. The molecule has 4 aromatic rings. The van der Waals surface area contributed by atoms with Crippen LogP contribution in [-0.4, -0.2) is 39.1 Å². The number of thiophene rings is 1. The molecule has 1 atom stereocenters. The van der Waals surface area contributed by atoms with Gasteiger partial charge in [-0.05, 0) is 47.8 Å². The van der Waals surface area contributed by atoms with Crippen LogP contribution in [0, 0.1) is 0 Å². The zero-order valence-corrected chi connectivity index (χ0v) is 15.2. The molecule has 1 aromatic carbocycles. The molecule has 1 N–H and O–H groups in total. The third-order valence-corrected chi connectivity index (χ3v) is 5.04. The highest BCUT2D eigenvalue weighted by molar-refractivity contribution is 7.08. The summed E-state index contributed by atoms with van der Waals surface area (Å²) in [5.74, 6) is 2.30. The number of hydrogen-bond acceptors (Lipinski definition) is 7. The minimum absolute atomic E-state index is 0.150. The fourth-order valence-corrected chi connectivity index (χ4v) is 3.62. The Hall–Kier alpha value is -2.97. The topological polar surface area (TPSA) is 73.6 Å². The van der Waals surface area contributed by atoms with Crippen molar-refractivity contribution >= 4 is 28.5 Å². The maximum atomic E-state index is 5.90. The SMILES string of the molecule is c1cc(-c2nnc3ccc(Nc4ccc(OC5CCOC5)cc4)nn23)cs1. The molecule has 7 nitrogen and oxygen atoms in total. The van der Waals surface area contributed by atoms with Crippen molar-refractivity contribution in [2.24, 2.45) is 0 Å². The summed E-state index contributed by atoms with van der Waals surface area (Å²) >= 11 is 1.62. The van der Waals surface area contributed by atoms with E-state index in [1.165, 1.54) is 0 Å². The normalized spacial score (nSPS) is 16.7. The first kappa shape index (κ1) is 16.2. The third-order valence-electron chi connectivity index (χ3n) is 4.36. The zero-order chi connectivity index (χ0) is 18.1. The number of fused-ring (bicyclic) bond motifs is 1. The van der Waals surface area contributed by atoms with Crippen LogP contribution in [0.5, 0.6) is 5.75 Å². The molecule has 0 aliphatic carbocycles. The Morgan fingerprint density at radius 2 is 2.04 bits per heavy atom. The number of hydrogen-bond donors (Lipinski definition) is 1. The molecule has 8 heteroatoms. The van der Waals surface area contributed by atoms with E-state index in [0.717, 1.165) is 41.7 Å². The van der Waals surface area contributed by atoms with Crippen LogP contribution in [0.1, 0.15) is 6.42 Å². The van der Waals surface area contributed by atoms with Gasteiger partial charge < -0.3 is 14.8 Å². The highest BCUT2D eigenvalue weighted by Crippen LogP contribution is 2.23. The van der Waals surface area contributed by atoms with E-state index in [-0.39, 0.29) is 6.10 Å². The number of nitrogens with zero attached hydrogens (tertiary/aromatic N) is 4. The molecule has 0 saturated carbocycles. The lowest BCUT2D eigenvalue weighted by Gasteiger charge is -2.12. The van der Waals surface area contributed by atoms with Crippen LogP contribution in [0.2, 0.25) is 0 Å². The van der Waals surface area contributed by atoms with Gasteiger partial charge in [0, 0.05) is 23.1 Å². The van der Waals surface area contributed by atoms with Gasteiger partial charge >= 0.3 is 0 Å². The van der Waals surface area contributed by atoms with Crippen LogP contribution in [0.4, 0.5) is 11.5 Å². The van der Waals surface area contributed by atoms with Crippen LogP contribution in [0.15, 0.2) is 53.2 Å². The van der Waals surface area contributed by atoms with Crippen molar-refractivity contribution in [3.63, 3.8) is 0 Å². The van der Waals surface area contributed by atoms with E-state index in [1.807, 2.05) is 53.2 Å². The summed E-state index contributed by atoms with van der Waals surface area (Å²) in [6.45, 7) is 1.43. The monoisotopic (exact) mass is 379 g/mol. The fraction of sp³-hybridized carbons (Fsp3) is 0.211. The highest BCUT2D eigenvalue weighted by atomic mass is 32.1. The van der Waals surface area contributed by atoms with E-state index in [4.69, 9.17) is 9.47 Å². The lowest BCUT2D eigenvalue weighted by molar-refractivity contribution is 0.141. The average molecular weight is 379 g/mol. The second kappa shape index (κ2) is 6.98. The van der Waals surface area contributed by atoms with Gasteiger partial charge in [0.25, 0.3) is 0 Å². The molecular weight excluding hydrogens is 362 g/mol. The molecule has 1 fully saturated rings. The van der Waals surface area contributed by atoms with Gasteiger partial charge in [-0.2, -0.15) is 15.9 Å². The molecule has 5 rings (SSSR count). The molecule has 1 unspecified atom stereocenters. The molecule has 0 spiro atoms. The minimum Gasteiger partial charge on any atom is -0.488 e. The molecule has 0 amide bonds. The Labute approximate surface area is 159 Å². The summed E-state index contributed by atoms with van der Waals surface area (Å²) in [6, 6.07) is 13.7. The van der Waals surface area contributed by atoms with Crippen molar-refractivity contribution in [2.45, 2.75) is 12.5 Å². The van der Waals surface area contributed by atoms with Gasteiger partial charge in [0.1, 0.15) is 11.9 Å². The summed E-state index contributed by atoms with van der Waals surface area (Å²) in [7, 11) is 0. The van der Waals surface area contributed by atoms with Gasteiger partial charge in [-0.15, -0.1) is 15.3 Å². The van der Waals surface area contributed by atoms with Crippen molar-refractivity contribution in [3.05, 3.63) is 53.2 Å². The molecule has 4 heterocycles. The van der Waals surface area contributed by atoms with E-state index in [1.54, 1.807) is 15.9 Å². The zero-order valence-electron chi connectivity index (χ0n) is 14.4. The second-order valence-corrected chi connectivity index (χ2v) is 7.06. The van der Waals surface area contributed by atoms with Gasteiger partial charge in [0.2, 0.25) is 0 Å². The molecule has 136 valence electrons. The first-order chi connectivity index (χ1) is 13.3. The van der Waals surface area contributed by atoms with E-state index in [9.17, 15) is 0 Å². The van der Waals surface area contributed by atoms with Gasteiger partial charge in [-0.25, -0.2) is 0 Å². The minimum atomic E-state index is 0.150. The number of aromatic nitrogens is 4. The summed E-state index contributed by atoms with van der Waals surface area (Å²) < 4.78 is 13.0. The smallest absolute Gasteiger partial charge is 0.186 e. The Kier molecular flexibility index (Phi) is 4.19. The predicted octanol–water partition coefficient (Wildman–Crippen LogP) is 3.76. The van der Waals surface area contributed by atoms with Crippen LogP contribution in [0.25, 0.3) is 17.0 Å². The molecule has 1 saturated heterocycles. The number of ether oxygens (including phenoxy) is 2. The fourth-order valence-electron chi connectivity index (χ4n) is 2.99. The lowest BCUT2D eigenvalue weighted by Crippen LogP contribution is -2.15. The Morgan fingerprint density at radius 3 is 2.81 bits per heavy atom. The predicted molar refractivity (Wildman–Crippen MR) is 104 cm³/mol. The number of rotatable bonds is 5. The maximum absolute atomic E-state index is 5.90. The summed E-state index contributed by atoms with van der Waals surface area (Å²) in [4.78, 5) is 0. The molecule has 0 bridgehead atoms. The summed E-state index contributed by atoms with van der Waals surface area (Å²) in [5, 5.41) is 20.4. The van der Waals surface area contributed by atoms with Crippen molar-refractivity contribution in [3.8, 4) is 17.1 Å². The first-order valence-corrected chi connectivity index (χ1v) is 9.66. The molecular formula is C19H17N5O2S. The largest absolute Gasteiger partial charge is 0.488 e. The number of benzene rings is 1. The van der Waals surface area contributed by atoms with Gasteiger partial charge in [0.15, 0.2) is 17.3 Å². The first-order valence-electron chi connectivity index (χ1n) is 8.72. The Morgan fingerprint density at radius 1 is 1.11 bits per heavy atom. The molecule has 3 aromatic heterocycles. The van der Waals surface area contributed by atoms with Crippen molar-refractivity contribution in [1.29, 1.82) is 0 Å². The van der Waals surface area contributed by atoms with Crippen molar-refractivity contribution in [1.82, 2.24) is 19.8 Å². The molecule has 1 aliphatic rings. The summed E-state index contributed by atoms with van der Waals surface area (Å²) in [5.41, 5.74) is 2.65. The van der Waals surface area contributed by atoms with Gasteiger partial charge in [-0.3, -0.25) is 0 Å². The molecule has 0 radical (unpaired) electrons. The van der Waals surface area contributed by atoms with Gasteiger partial charge in [-0.1, -0.05) is 0 Å². The van der Waals surface area contributed by atoms with Gasteiger partial charge in [0.05, 0.1) is 13.2 Å². The summed E-state index contributed by atoms with van der Waals surface area (Å²) in [6.07, 6.45) is 1.09. The van der Waals surface area contributed by atoms with Crippen molar-refractivity contribution < 1.29 is 9.47 Å². The van der Waals surface area contributed by atoms with Crippen molar-refractivity contribution in [2.75, 3.05) is 18.5 Å². The van der Waals surface area contributed by atoms with Crippen LogP contribution >= 0.6 is 11.3 Å². The van der Waals surface area contributed by atoms with E-state index < -0.39 is 0 Å². The standard InChI is InChI=1S/C19H17N5O2S/c1-3-15(26-16-7-9-25-11-16)4-2-14(1)20-17-5-6-18-21-22-19(24(18)23-17)13-8-10-27-12-13/h1-6,8,10,12,16H,7,9,11H2,(H,20,23). The van der Waals surface area contributed by atoms with Crippen LogP contribution in [0.3, 0.4) is 0 Å². The van der Waals surface area contributed by atoms with Crippen LogP contribution < -0.4 is 10.1 Å². The quantitative estimate of drug-likeness (QED) is 0.569. The Balaban J connectivity index is 1.35. The van der Waals surface area contributed by atoms with Crippen LogP contribution in [-0.2, 0) is 4.74 Å². The second-order valence-electron chi connectivity index (χ2n) is 6.28. The van der Waals surface area contributed by atoms with E-state index >= 15 is 0 Å². The molecule has 1 aliphatic heterocycles. The number of nitrogens with one attached hydrogen (secondary N) is 1. The average Bonchev–Trinajstić information content (AvgIpc) is 3.44. The van der Waals surface area contributed by atoms with E-state index in [2.05, 4.69) is 20.6 Å². The molecule has 27 heavy (non-hydrogen) atoms.